The Labute approximate surface area is 276 Å². The first-order valence-electron chi connectivity index (χ1n) is 14.9. The van der Waals surface area contributed by atoms with E-state index >= 15 is 0 Å². The zero-order chi connectivity index (χ0) is 30.4. The monoisotopic (exact) mass is 641 g/mol. The second kappa shape index (κ2) is 11.6. The highest BCUT2D eigenvalue weighted by Crippen LogP contribution is 2.57. The summed E-state index contributed by atoms with van der Waals surface area (Å²) in [4.78, 5) is 16.6. The molecule has 0 N–H and O–H groups in total. The van der Waals surface area contributed by atoms with Crippen LogP contribution in [0.5, 0.6) is 0 Å². The van der Waals surface area contributed by atoms with Gasteiger partial charge in [0.1, 0.15) is 5.03 Å². The number of benzene rings is 5. The molecule has 7 heteroatoms. The van der Waals surface area contributed by atoms with Gasteiger partial charge in [-0.1, -0.05) is 119 Å². The van der Waals surface area contributed by atoms with E-state index in [0.29, 0.717) is 11.4 Å². The molecule has 0 saturated carbocycles. The lowest BCUT2D eigenvalue weighted by molar-refractivity contribution is -0.0284. The van der Waals surface area contributed by atoms with E-state index in [9.17, 15) is 0 Å². The molecule has 4 nitrogen and oxygen atoms in total. The zero-order valence-corrected chi connectivity index (χ0v) is 26.8. The molecule has 2 atom stereocenters. The molecule has 45 heavy (non-hydrogen) atoms. The fraction of sp³-hybridized carbons (Fsp3) is 0.105. The van der Waals surface area contributed by atoms with Crippen LogP contribution in [0.3, 0.4) is 0 Å². The van der Waals surface area contributed by atoms with E-state index in [-0.39, 0.29) is 5.25 Å². The van der Waals surface area contributed by atoms with E-state index in [4.69, 9.17) is 26.6 Å². The molecule has 0 fully saturated rings. The first-order chi connectivity index (χ1) is 22.1. The second-order valence-electron chi connectivity index (χ2n) is 11.3. The van der Waals surface area contributed by atoms with Gasteiger partial charge in [0, 0.05) is 43.0 Å². The number of aryl methyl sites for hydroxylation is 1. The average Bonchev–Trinajstić information content (AvgIpc) is 3.38. The molecule has 1 aromatic heterocycles. The third-order valence-electron chi connectivity index (χ3n) is 8.32. The van der Waals surface area contributed by atoms with Gasteiger partial charge < -0.3 is 4.84 Å². The van der Waals surface area contributed by atoms with Crippen LogP contribution < -0.4 is 4.90 Å². The summed E-state index contributed by atoms with van der Waals surface area (Å²) in [7, 11) is 0. The van der Waals surface area contributed by atoms with Crippen molar-refractivity contribution in [2.24, 2.45) is 5.16 Å². The number of anilines is 1. The van der Waals surface area contributed by atoms with Gasteiger partial charge in [0.2, 0.25) is 5.72 Å². The van der Waals surface area contributed by atoms with Crippen LogP contribution in [0, 0.1) is 6.92 Å². The molecule has 2 aliphatic rings. The van der Waals surface area contributed by atoms with Gasteiger partial charge in [0.25, 0.3) is 0 Å². The molecule has 0 aliphatic carbocycles. The average molecular weight is 642 g/mol. The van der Waals surface area contributed by atoms with Gasteiger partial charge in [-0.3, -0.25) is 4.90 Å². The van der Waals surface area contributed by atoms with Gasteiger partial charge in [0.15, 0.2) is 5.84 Å². The lowest BCUT2D eigenvalue weighted by Crippen LogP contribution is -2.47. The molecule has 5 aromatic carbocycles. The zero-order valence-electron chi connectivity index (χ0n) is 24.4. The number of nitrogens with zero attached hydrogens (tertiary/aromatic N) is 3. The molecule has 0 radical (unpaired) electrons. The van der Waals surface area contributed by atoms with E-state index in [2.05, 4.69) is 121 Å². The molecule has 8 rings (SSSR count). The van der Waals surface area contributed by atoms with Crippen LogP contribution in [0.4, 0.5) is 5.69 Å². The molecule has 0 amide bonds. The number of thioether (sulfide) groups is 1. The summed E-state index contributed by atoms with van der Waals surface area (Å²) in [5, 5.41) is 7.62. The molecule has 2 unspecified atom stereocenters. The standard InChI is InChI=1S/C38H28ClN3OS2/c1-25-15-17-26(18-16-25)36-41-43-38(28-19-21-29(39)22-20-28)24-35(45-34-14-8-7-13-33(34)42(36)38)31-23-27-9-5-6-12-32(27)40-37(31)44-30-10-3-2-4-11-30/h2-23,35H,24H2,1H3. The minimum Gasteiger partial charge on any atom is -0.360 e. The maximum atomic E-state index is 6.73. The van der Waals surface area contributed by atoms with Crippen LogP contribution in [0.2, 0.25) is 5.02 Å². The van der Waals surface area contributed by atoms with Crippen LogP contribution in [0.25, 0.3) is 10.9 Å². The van der Waals surface area contributed by atoms with Crippen LogP contribution in [-0.4, -0.2) is 10.8 Å². The van der Waals surface area contributed by atoms with Crippen LogP contribution in [0.15, 0.2) is 153 Å². The predicted octanol–water partition coefficient (Wildman–Crippen LogP) is 10.6. The third kappa shape index (κ3) is 5.17. The fourth-order valence-electron chi connectivity index (χ4n) is 6.09. The van der Waals surface area contributed by atoms with Gasteiger partial charge in [-0.2, -0.15) is 0 Å². The molecule has 0 spiro atoms. The number of amidine groups is 1. The van der Waals surface area contributed by atoms with E-state index in [1.165, 1.54) is 11.1 Å². The number of pyridine rings is 1. The first kappa shape index (κ1) is 28.3. The molecule has 220 valence electrons. The molecule has 0 bridgehead atoms. The van der Waals surface area contributed by atoms with Crippen molar-refractivity contribution in [3.8, 4) is 0 Å². The Kier molecular flexibility index (Phi) is 7.29. The molecule has 3 heterocycles. The van der Waals surface area contributed by atoms with E-state index in [1.54, 1.807) is 11.8 Å². The third-order valence-corrected chi connectivity index (χ3v) is 10.9. The summed E-state index contributed by atoms with van der Waals surface area (Å²) in [5.74, 6) is 0.786. The fourth-order valence-corrected chi connectivity index (χ4v) is 8.63. The number of rotatable bonds is 5. The lowest BCUT2D eigenvalue weighted by atomic mass is 9.92. The van der Waals surface area contributed by atoms with Crippen LogP contribution >= 0.6 is 35.1 Å². The Hall–Kier alpha value is -4.23. The van der Waals surface area contributed by atoms with Crippen molar-refractivity contribution in [1.29, 1.82) is 0 Å². The topological polar surface area (TPSA) is 37.7 Å². The summed E-state index contributed by atoms with van der Waals surface area (Å²) in [5.41, 5.74) is 5.48. The van der Waals surface area contributed by atoms with E-state index in [1.807, 2.05) is 36.0 Å². The Morgan fingerprint density at radius 1 is 0.844 bits per heavy atom. The summed E-state index contributed by atoms with van der Waals surface area (Å²) >= 11 is 9.99. The van der Waals surface area contributed by atoms with Gasteiger partial charge in [0.05, 0.1) is 11.2 Å². The molecular formula is C38H28ClN3OS2. The Balaban J connectivity index is 1.34. The van der Waals surface area contributed by atoms with Gasteiger partial charge >= 0.3 is 0 Å². The number of fused-ring (bicyclic) bond motifs is 4. The number of hydrogen-bond donors (Lipinski definition) is 0. The minimum absolute atomic E-state index is 0.0114. The highest BCUT2D eigenvalue weighted by molar-refractivity contribution is 8.00. The molecule has 0 saturated heterocycles. The van der Waals surface area contributed by atoms with E-state index < -0.39 is 5.72 Å². The molecule has 2 aliphatic heterocycles. The largest absolute Gasteiger partial charge is 0.360 e. The van der Waals surface area contributed by atoms with Crippen LogP contribution in [0.1, 0.15) is 33.9 Å². The summed E-state index contributed by atoms with van der Waals surface area (Å²) in [6, 6.07) is 46.2. The normalized spacial score (nSPS) is 18.9. The van der Waals surface area contributed by atoms with Crippen molar-refractivity contribution >= 4 is 57.6 Å². The smallest absolute Gasteiger partial charge is 0.242 e. The van der Waals surface area contributed by atoms with Crippen molar-refractivity contribution in [3.63, 3.8) is 0 Å². The lowest BCUT2D eigenvalue weighted by Gasteiger charge is -2.38. The maximum Gasteiger partial charge on any atom is 0.242 e. The summed E-state index contributed by atoms with van der Waals surface area (Å²) < 4.78 is 0. The molecular weight excluding hydrogens is 614 g/mol. The number of hydrogen-bond acceptors (Lipinski definition) is 6. The Morgan fingerprint density at radius 3 is 2.40 bits per heavy atom. The number of para-hydroxylation sites is 2. The highest BCUT2D eigenvalue weighted by Gasteiger charge is 2.53. The summed E-state index contributed by atoms with van der Waals surface area (Å²) in [6.45, 7) is 2.10. The van der Waals surface area contributed by atoms with Gasteiger partial charge in [-0.15, -0.1) is 11.8 Å². The minimum atomic E-state index is -0.921. The Morgan fingerprint density at radius 2 is 1.58 bits per heavy atom. The Bertz CT molecular complexity index is 2050. The number of halogens is 1. The number of oxime groups is 1. The maximum absolute atomic E-state index is 6.73. The van der Waals surface area contributed by atoms with Gasteiger partial charge in [-0.25, -0.2) is 4.98 Å². The van der Waals surface area contributed by atoms with E-state index in [0.717, 1.165) is 48.4 Å². The second-order valence-corrected chi connectivity index (χ2v) is 14.0. The molecule has 6 aromatic rings. The van der Waals surface area contributed by atoms with Gasteiger partial charge in [-0.05, 0) is 61.0 Å². The predicted molar refractivity (Wildman–Crippen MR) is 186 cm³/mol. The van der Waals surface area contributed by atoms with Crippen LogP contribution in [-0.2, 0) is 10.6 Å². The van der Waals surface area contributed by atoms with Crippen molar-refractivity contribution < 1.29 is 4.84 Å². The number of aromatic nitrogens is 1. The van der Waals surface area contributed by atoms with Crippen molar-refractivity contribution in [1.82, 2.24) is 4.98 Å². The SMILES string of the molecule is Cc1ccc(C2=NOC3(c4ccc(Cl)cc4)CC(c4cc5ccccc5nc4Sc4ccccc4)Sc4ccccc4N23)cc1. The quantitative estimate of drug-likeness (QED) is 0.187. The summed E-state index contributed by atoms with van der Waals surface area (Å²) in [6.07, 6.45) is 0.620. The van der Waals surface area contributed by atoms with Crippen molar-refractivity contribution in [3.05, 3.63) is 161 Å². The van der Waals surface area contributed by atoms with Crippen molar-refractivity contribution in [2.75, 3.05) is 4.90 Å². The first-order valence-corrected chi connectivity index (χ1v) is 16.9. The highest BCUT2D eigenvalue weighted by atomic mass is 35.5. The van der Waals surface area contributed by atoms with Crippen molar-refractivity contribution in [2.45, 2.75) is 39.1 Å².